The maximum Gasteiger partial charge on any atom is 0.0812 e. The third-order valence-electron chi connectivity index (χ3n) is 1.57. The molecule has 58 valence electrons. The molecule has 1 aromatic rings. The minimum absolute atomic E-state index is 0.727. The molecule has 1 aromatic heterocycles. The molecule has 1 heterocycles. The summed E-state index contributed by atoms with van der Waals surface area (Å²) in [7, 11) is 0. The van der Waals surface area contributed by atoms with Crippen molar-refractivity contribution >= 4 is 17.7 Å². The largest absolute Gasteiger partial charge is 0.255 e. The van der Waals surface area contributed by atoms with Crippen molar-refractivity contribution in [2.24, 2.45) is 0 Å². The molecule has 0 amide bonds. The molecule has 1 nitrogen and oxygen atoms in total. The monoisotopic (exact) mass is 167 g/mol. The first kappa shape index (κ1) is 8.28. The van der Waals surface area contributed by atoms with Crippen molar-refractivity contribution in [1.29, 1.82) is 0 Å². The third kappa shape index (κ3) is 1.60. The van der Waals surface area contributed by atoms with Gasteiger partial charge >= 0.3 is 0 Å². The molecule has 0 spiro atoms. The topological polar surface area (TPSA) is 12.9 Å². The van der Waals surface area contributed by atoms with Crippen LogP contribution in [0.5, 0.6) is 0 Å². The molecule has 0 unspecified atom stereocenters. The van der Waals surface area contributed by atoms with Gasteiger partial charge in [-0.2, -0.15) is 0 Å². The molecule has 0 radical (unpaired) electrons. The summed E-state index contributed by atoms with van der Waals surface area (Å²) in [4.78, 5) is 4.06. The van der Waals surface area contributed by atoms with Crippen molar-refractivity contribution in [3.05, 3.63) is 35.1 Å². The van der Waals surface area contributed by atoms with Crippen LogP contribution in [-0.4, -0.2) is 4.98 Å². The van der Waals surface area contributed by atoms with Crippen LogP contribution in [0.3, 0.4) is 0 Å². The summed E-state index contributed by atoms with van der Waals surface area (Å²) in [6.07, 6.45) is 4.35. The number of pyridine rings is 1. The molecule has 1 rings (SSSR count). The summed E-state index contributed by atoms with van der Waals surface area (Å²) in [5, 5.41) is 0.727. The molecule has 0 bridgehead atoms. The summed E-state index contributed by atoms with van der Waals surface area (Å²) >= 11 is 5.98. The predicted molar refractivity (Wildman–Crippen MR) is 48.7 cm³/mol. The van der Waals surface area contributed by atoms with Crippen molar-refractivity contribution in [1.82, 2.24) is 4.98 Å². The van der Waals surface area contributed by atoms with E-state index in [0.717, 1.165) is 22.7 Å². The highest BCUT2D eigenvalue weighted by atomic mass is 35.5. The van der Waals surface area contributed by atoms with Gasteiger partial charge in [0.15, 0.2) is 0 Å². The number of hydrogen-bond acceptors (Lipinski definition) is 1. The number of halogens is 1. The third-order valence-corrected chi connectivity index (χ3v) is 2.01. The van der Waals surface area contributed by atoms with E-state index in [1.165, 1.54) is 0 Å². The lowest BCUT2D eigenvalue weighted by Crippen LogP contribution is -1.88. The number of nitrogens with zero attached hydrogens (tertiary/aromatic N) is 1. The second kappa shape index (κ2) is 3.54. The predicted octanol–water partition coefficient (Wildman–Crippen LogP) is 2.94. The van der Waals surface area contributed by atoms with Gasteiger partial charge in [-0.1, -0.05) is 25.1 Å². The quantitative estimate of drug-likeness (QED) is 0.660. The number of aromatic nitrogens is 1. The highest BCUT2D eigenvalue weighted by molar-refractivity contribution is 6.32. The Labute approximate surface area is 71.7 Å². The lowest BCUT2D eigenvalue weighted by atomic mass is 10.2. The summed E-state index contributed by atoms with van der Waals surface area (Å²) in [5.41, 5.74) is 1.89. The fourth-order valence-electron chi connectivity index (χ4n) is 0.917. The number of hydrogen-bond donors (Lipinski definition) is 0. The molecule has 0 saturated heterocycles. The molecule has 0 atom stereocenters. The molecule has 0 aliphatic carbocycles. The Kier molecular flexibility index (Phi) is 2.66. The maximum atomic E-state index is 5.98. The first-order chi connectivity index (χ1) is 5.29. The molecule has 2 heteroatoms. The van der Waals surface area contributed by atoms with Gasteiger partial charge in [0.2, 0.25) is 0 Å². The first-order valence-electron chi connectivity index (χ1n) is 3.55. The highest BCUT2D eigenvalue weighted by Crippen LogP contribution is 2.19. The van der Waals surface area contributed by atoms with Crippen LogP contribution in [0.15, 0.2) is 18.8 Å². The Bertz CT molecular complexity index is 268. The van der Waals surface area contributed by atoms with Gasteiger partial charge in [0.05, 0.1) is 10.7 Å². The average molecular weight is 168 g/mol. The van der Waals surface area contributed by atoms with E-state index in [2.05, 4.69) is 18.5 Å². The Morgan fingerprint density at radius 2 is 2.45 bits per heavy atom. The maximum absolute atomic E-state index is 5.98. The van der Waals surface area contributed by atoms with E-state index < -0.39 is 0 Å². The summed E-state index contributed by atoms with van der Waals surface area (Å²) in [5.74, 6) is 0. The van der Waals surface area contributed by atoms with Crippen molar-refractivity contribution in [2.75, 3.05) is 0 Å². The van der Waals surface area contributed by atoms with Crippen LogP contribution in [0.2, 0.25) is 5.02 Å². The zero-order valence-corrected chi connectivity index (χ0v) is 7.23. The molecule has 0 saturated carbocycles. The standard InChI is InChI=1S/C9H10ClN/c1-3-7-5-6-11-8(4-2)9(7)10/h4-6H,2-3H2,1H3. The fourth-order valence-corrected chi connectivity index (χ4v) is 1.24. The van der Waals surface area contributed by atoms with E-state index in [1.807, 2.05) is 6.07 Å². The molecule has 0 N–H and O–H groups in total. The lowest BCUT2D eigenvalue weighted by Gasteiger charge is -2.01. The molecule has 11 heavy (non-hydrogen) atoms. The highest BCUT2D eigenvalue weighted by Gasteiger charge is 2.01. The van der Waals surface area contributed by atoms with Gasteiger partial charge in [-0.15, -0.1) is 0 Å². The van der Waals surface area contributed by atoms with Gasteiger partial charge in [-0.05, 0) is 24.1 Å². The molecular weight excluding hydrogens is 158 g/mol. The van der Waals surface area contributed by atoms with Gasteiger partial charge in [0, 0.05) is 6.20 Å². The van der Waals surface area contributed by atoms with Crippen LogP contribution in [0.1, 0.15) is 18.2 Å². The van der Waals surface area contributed by atoms with Crippen LogP contribution >= 0.6 is 11.6 Å². The SMILES string of the molecule is C=Cc1nccc(CC)c1Cl. The number of rotatable bonds is 2. The Hall–Kier alpha value is -0.820. The van der Waals surface area contributed by atoms with Crippen LogP contribution in [0.25, 0.3) is 6.08 Å². The van der Waals surface area contributed by atoms with Gasteiger partial charge < -0.3 is 0 Å². The first-order valence-corrected chi connectivity index (χ1v) is 3.93. The normalized spacial score (nSPS) is 9.64. The van der Waals surface area contributed by atoms with E-state index in [9.17, 15) is 0 Å². The van der Waals surface area contributed by atoms with Crippen molar-refractivity contribution < 1.29 is 0 Å². The minimum atomic E-state index is 0.727. The van der Waals surface area contributed by atoms with Gasteiger partial charge in [-0.3, -0.25) is 4.98 Å². The zero-order chi connectivity index (χ0) is 8.27. The average Bonchev–Trinajstić information content (AvgIpc) is 2.05. The van der Waals surface area contributed by atoms with E-state index >= 15 is 0 Å². The Balaban J connectivity index is 3.20. The van der Waals surface area contributed by atoms with Crippen molar-refractivity contribution in [3.8, 4) is 0 Å². The van der Waals surface area contributed by atoms with E-state index in [4.69, 9.17) is 11.6 Å². The molecular formula is C9H10ClN. The zero-order valence-electron chi connectivity index (χ0n) is 6.47. The van der Waals surface area contributed by atoms with Gasteiger partial charge in [0.25, 0.3) is 0 Å². The smallest absolute Gasteiger partial charge is 0.0812 e. The second-order valence-electron chi connectivity index (χ2n) is 2.23. The van der Waals surface area contributed by atoms with E-state index in [-0.39, 0.29) is 0 Å². The van der Waals surface area contributed by atoms with E-state index in [1.54, 1.807) is 12.3 Å². The van der Waals surface area contributed by atoms with Crippen molar-refractivity contribution in [3.63, 3.8) is 0 Å². The summed E-state index contributed by atoms with van der Waals surface area (Å²) < 4.78 is 0. The number of aryl methyl sites for hydroxylation is 1. The van der Waals surface area contributed by atoms with Crippen molar-refractivity contribution in [2.45, 2.75) is 13.3 Å². The Morgan fingerprint density at radius 1 is 1.73 bits per heavy atom. The van der Waals surface area contributed by atoms with Gasteiger partial charge in [0.1, 0.15) is 0 Å². The fraction of sp³-hybridized carbons (Fsp3) is 0.222. The van der Waals surface area contributed by atoms with E-state index in [0.29, 0.717) is 0 Å². The van der Waals surface area contributed by atoms with Crippen LogP contribution in [-0.2, 0) is 6.42 Å². The summed E-state index contributed by atoms with van der Waals surface area (Å²) in [6.45, 7) is 5.68. The van der Waals surface area contributed by atoms with Crippen LogP contribution in [0.4, 0.5) is 0 Å². The minimum Gasteiger partial charge on any atom is -0.255 e. The molecule has 0 aliphatic heterocycles. The second-order valence-corrected chi connectivity index (χ2v) is 2.60. The van der Waals surface area contributed by atoms with Crippen LogP contribution in [0, 0.1) is 0 Å². The summed E-state index contributed by atoms with van der Waals surface area (Å²) in [6, 6.07) is 1.93. The Morgan fingerprint density at radius 3 is 3.00 bits per heavy atom. The molecule has 0 aliphatic rings. The molecule has 0 aromatic carbocycles. The lowest BCUT2D eigenvalue weighted by molar-refractivity contribution is 1.11. The molecule has 0 fully saturated rings. The van der Waals surface area contributed by atoms with Gasteiger partial charge in [-0.25, -0.2) is 0 Å². The van der Waals surface area contributed by atoms with Crippen LogP contribution < -0.4 is 0 Å².